The van der Waals surface area contributed by atoms with Gasteiger partial charge in [0.25, 0.3) is 0 Å². The first kappa shape index (κ1) is 24.2. The molecule has 2 aliphatic rings. The number of morpholine rings is 1. The van der Waals surface area contributed by atoms with Crippen LogP contribution in [-0.2, 0) is 11.3 Å². The number of hydrogen-bond donors (Lipinski definition) is 2. The summed E-state index contributed by atoms with van der Waals surface area (Å²) >= 11 is 0. The molecule has 1 unspecified atom stereocenters. The summed E-state index contributed by atoms with van der Waals surface area (Å²) in [6.07, 6.45) is -0.294. The number of aromatic amines is 1. The quantitative estimate of drug-likeness (QED) is 0.533. The fourth-order valence-electron chi connectivity index (χ4n) is 4.77. The summed E-state index contributed by atoms with van der Waals surface area (Å²) in [4.78, 5) is 25.6. The molecule has 0 radical (unpaired) electrons. The van der Waals surface area contributed by atoms with Gasteiger partial charge in [0, 0.05) is 55.1 Å². The Balaban J connectivity index is 1.62. The Bertz CT molecular complexity index is 1280. The molecule has 5 rings (SSSR count). The molecule has 2 aliphatic heterocycles. The highest BCUT2D eigenvalue weighted by Crippen LogP contribution is 2.46. The number of pyridine rings is 1. The predicted molar refractivity (Wildman–Crippen MR) is 128 cm³/mol. The molecule has 2 amide bonds. The number of nitrogens with zero attached hydrogens (tertiary/aromatic N) is 4. The highest BCUT2D eigenvalue weighted by Gasteiger charge is 2.42. The van der Waals surface area contributed by atoms with Gasteiger partial charge in [-0.3, -0.25) is 14.7 Å². The zero-order chi connectivity index (χ0) is 25.6. The zero-order valence-corrected chi connectivity index (χ0v) is 20.2. The molecule has 10 nitrogen and oxygen atoms in total. The van der Waals surface area contributed by atoms with Crippen LogP contribution in [-0.4, -0.2) is 73.1 Å². The van der Waals surface area contributed by atoms with Crippen molar-refractivity contribution in [2.75, 3.05) is 56.9 Å². The second-order valence-electron chi connectivity index (χ2n) is 8.54. The van der Waals surface area contributed by atoms with Crippen LogP contribution in [0.5, 0.6) is 11.5 Å². The fraction of sp³-hybridized carbons (Fsp3) is 0.417. The first-order chi connectivity index (χ1) is 17.4. The number of benzene rings is 1. The average molecular weight is 504 g/mol. The van der Waals surface area contributed by atoms with E-state index in [1.54, 1.807) is 6.92 Å². The second-order valence-corrected chi connectivity index (χ2v) is 8.54. The van der Waals surface area contributed by atoms with E-state index in [4.69, 9.17) is 14.2 Å². The summed E-state index contributed by atoms with van der Waals surface area (Å²) in [5.41, 5.74) is 1.35. The third kappa shape index (κ3) is 3.81. The number of aromatic nitrogens is 2. The second kappa shape index (κ2) is 9.52. The van der Waals surface area contributed by atoms with Crippen molar-refractivity contribution in [3.63, 3.8) is 0 Å². The first-order valence-corrected chi connectivity index (χ1v) is 11.6. The maximum atomic E-state index is 15.3. The predicted octanol–water partition coefficient (Wildman–Crippen LogP) is 3.15. The summed E-state index contributed by atoms with van der Waals surface area (Å²) in [5, 5.41) is 11.9. The third-order valence-corrected chi connectivity index (χ3v) is 6.55. The summed E-state index contributed by atoms with van der Waals surface area (Å²) in [6.45, 7) is 5.49. The van der Waals surface area contributed by atoms with Crippen molar-refractivity contribution in [3.8, 4) is 11.5 Å². The number of halogens is 2. The molecule has 12 heteroatoms. The van der Waals surface area contributed by atoms with Crippen LogP contribution < -0.4 is 19.3 Å². The van der Waals surface area contributed by atoms with Gasteiger partial charge < -0.3 is 24.3 Å². The summed E-state index contributed by atoms with van der Waals surface area (Å²) in [6, 6.07) is 2.14. The maximum Gasteiger partial charge on any atom is 0.331 e. The number of methoxy groups -OCH3 is 2. The highest BCUT2D eigenvalue weighted by atomic mass is 19.1. The first-order valence-electron chi connectivity index (χ1n) is 11.6. The van der Waals surface area contributed by atoms with E-state index in [0.29, 0.717) is 41.4 Å². The molecule has 0 saturated carbocycles. The van der Waals surface area contributed by atoms with Crippen molar-refractivity contribution >= 4 is 28.4 Å². The van der Waals surface area contributed by atoms with Gasteiger partial charge in [-0.15, -0.1) is 0 Å². The summed E-state index contributed by atoms with van der Waals surface area (Å²) < 4.78 is 46.0. The van der Waals surface area contributed by atoms with Crippen LogP contribution in [0.25, 0.3) is 11.0 Å². The highest BCUT2D eigenvalue weighted by molar-refractivity contribution is 6.12. The number of carbonyl (C=O) groups excluding carboxylic acids is 1. The van der Waals surface area contributed by atoms with Crippen molar-refractivity contribution in [3.05, 3.63) is 41.2 Å². The van der Waals surface area contributed by atoms with Crippen molar-refractivity contribution in [2.45, 2.75) is 19.7 Å². The number of hydrogen-bond acceptors (Lipinski definition) is 7. The van der Waals surface area contributed by atoms with Crippen LogP contribution in [0.3, 0.4) is 0 Å². The van der Waals surface area contributed by atoms with Crippen LogP contribution in [0.1, 0.15) is 24.4 Å². The lowest BCUT2D eigenvalue weighted by atomic mass is 10.0. The summed E-state index contributed by atoms with van der Waals surface area (Å²) in [5.74, 6) is -2.93. The lowest BCUT2D eigenvalue weighted by molar-refractivity contribution is 0.0337. The maximum absolute atomic E-state index is 15.3. The molecule has 0 spiro atoms. The van der Waals surface area contributed by atoms with Gasteiger partial charge >= 0.3 is 6.03 Å². The average Bonchev–Trinajstić information content (AvgIpc) is 3.29. The van der Waals surface area contributed by atoms with E-state index in [1.807, 2.05) is 6.07 Å². The largest absolute Gasteiger partial charge is 0.493 e. The number of fused-ring (bicyclic) bond motifs is 3. The molecule has 1 saturated heterocycles. The van der Waals surface area contributed by atoms with Crippen LogP contribution in [0.4, 0.5) is 25.0 Å². The van der Waals surface area contributed by atoms with Gasteiger partial charge in [-0.25, -0.2) is 18.6 Å². The molecule has 1 fully saturated rings. The van der Waals surface area contributed by atoms with Crippen LogP contribution in [0.2, 0.25) is 0 Å². The molecule has 36 heavy (non-hydrogen) atoms. The number of nitrogens with one attached hydrogen (secondary N) is 1. The van der Waals surface area contributed by atoms with Crippen LogP contribution in [0.15, 0.2) is 18.3 Å². The molecule has 2 N–H and O–H groups in total. The molecule has 1 aromatic carbocycles. The number of carbonyl (C=O) groups is 1. The van der Waals surface area contributed by atoms with Crippen molar-refractivity contribution in [1.29, 1.82) is 0 Å². The van der Waals surface area contributed by atoms with Gasteiger partial charge in [-0.2, -0.15) is 0 Å². The van der Waals surface area contributed by atoms with E-state index in [-0.39, 0.29) is 23.6 Å². The Kier molecular flexibility index (Phi) is 6.41. The van der Waals surface area contributed by atoms with Crippen LogP contribution in [0, 0.1) is 11.6 Å². The number of aliphatic hydroxyl groups excluding tert-OH is 1. The van der Waals surface area contributed by atoms with Gasteiger partial charge in [0.05, 0.1) is 33.1 Å². The molecule has 0 aliphatic carbocycles. The molecule has 2 aromatic heterocycles. The molecule has 1 atom stereocenters. The van der Waals surface area contributed by atoms with E-state index in [9.17, 15) is 9.90 Å². The standard InChI is InChI=1S/C24H27F2N5O5/c1-4-30-20-14-9-13(12-29-5-7-36-8-6-29)28-22(14)27-11-15(20)23(32)31(24(30)33)21-18(25)16(34-2)10-17(35-3)19(21)26/h9-11,23,32H,4-8,12H2,1-3H3,(H,27,28). The topological polar surface area (TPSA) is 103 Å². The minimum Gasteiger partial charge on any atom is -0.493 e. The Morgan fingerprint density at radius 3 is 2.42 bits per heavy atom. The smallest absolute Gasteiger partial charge is 0.331 e. The Hall–Kier alpha value is -3.48. The lowest BCUT2D eigenvalue weighted by Crippen LogP contribution is -2.50. The van der Waals surface area contributed by atoms with E-state index in [0.717, 1.165) is 24.8 Å². The van der Waals surface area contributed by atoms with E-state index in [2.05, 4.69) is 14.9 Å². The minimum atomic E-state index is -1.70. The van der Waals surface area contributed by atoms with E-state index < -0.39 is 29.6 Å². The molecular formula is C24H27F2N5O5. The van der Waals surface area contributed by atoms with Crippen molar-refractivity contribution in [2.24, 2.45) is 0 Å². The Labute approximate surface area is 206 Å². The monoisotopic (exact) mass is 503 g/mol. The number of urea groups is 1. The Morgan fingerprint density at radius 1 is 1.14 bits per heavy atom. The van der Waals surface area contributed by atoms with Gasteiger partial charge in [0.2, 0.25) is 0 Å². The zero-order valence-electron chi connectivity index (χ0n) is 20.2. The van der Waals surface area contributed by atoms with Crippen LogP contribution >= 0.6 is 0 Å². The lowest BCUT2D eigenvalue weighted by Gasteiger charge is -2.40. The number of ether oxygens (including phenoxy) is 3. The minimum absolute atomic E-state index is 0.183. The fourth-order valence-corrected chi connectivity index (χ4v) is 4.77. The molecule has 4 heterocycles. The third-order valence-electron chi connectivity index (χ3n) is 6.55. The SMILES string of the molecule is CCN1C(=O)N(c2c(F)c(OC)cc(OC)c2F)C(O)c2cnc3[nH]c(CN4CCOCC4)cc3c21. The number of anilines is 2. The van der Waals surface area contributed by atoms with E-state index >= 15 is 8.78 Å². The number of amides is 2. The molecular weight excluding hydrogens is 476 g/mol. The van der Waals surface area contributed by atoms with Crippen molar-refractivity contribution in [1.82, 2.24) is 14.9 Å². The molecule has 3 aromatic rings. The van der Waals surface area contributed by atoms with Crippen molar-refractivity contribution < 1.29 is 32.9 Å². The number of aliphatic hydroxyl groups is 1. The van der Waals surface area contributed by atoms with Gasteiger partial charge in [0.1, 0.15) is 11.3 Å². The van der Waals surface area contributed by atoms with E-state index in [1.165, 1.54) is 25.3 Å². The molecule has 192 valence electrons. The Morgan fingerprint density at radius 2 is 1.81 bits per heavy atom. The summed E-state index contributed by atoms with van der Waals surface area (Å²) in [7, 11) is 2.42. The number of H-pyrrole nitrogens is 1. The normalized spacial score (nSPS) is 18.6. The molecule has 0 bridgehead atoms. The number of rotatable bonds is 6. The van der Waals surface area contributed by atoms with Gasteiger partial charge in [-0.05, 0) is 13.0 Å². The van der Waals surface area contributed by atoms with Gasteiger partial charge in [0.15, 0.2) is 29.4 Å². The van der Waals surface area contributed by atoms with Gasteiger partial charge in [-0.1, -0.05) is 0 Å².